The van der Waals surface area contributed by atoms with Gasteiger partial charge in [-0.05, 0) is 43.4 Å². The molecule has 2 aliphatic rings. The third kappa shape index (κ3) is 1.29. The van der Waals surface area contributed by atoms with Gasteiger partial charge in [-0.2, -0.15) is 0 Å². The fraction of sp³-hybridized carbons (Fsp3) is 0.571. The van der Waals surface area contributed by atoms with Gasteiger partial charge in [-0.15, -0.1) is 11.8 Å². The maximum Gasteiger partial charge on any atom is 0.0142 e. The number of benzene rings is 1. The molecule has 1 aliphatic heterocycles. The van der Waals surface area contributed by atoms with Crippen molar-refractivity contribution in [3.63, 3.8) is 0 Å². The molecule has 0 saturated heterocycles. The quantitative estimate of drug-likeness (QED) is 0.628. The second-order valence-electron chi connectivity index (χ2n) is 5.18. The third-order valence-electron chi connectivity index (χ3n) is 4.15. The lowest BCUT2D eigenvalue weighted by Gasteiger charge is -2.25. The predicted molar refractivity (Wildman–Crippen MR) is 66.8 cm³/mol. The Morgan fingerprint density at radius 2 is 1.73 bits per heavy atom. The van der Waals surface area contributed by atoms with E-state index in [0.29, 0.717) is 5.41 Å². The molecule has 1 fully saturated rings. The van der Waals surface area contributed by atoms with Crippen LogP contribution in [-0.4, -0.2) is 5.75 Å². The van der Waals surface area contributed by atoms with Crippen LogP contribution in [0.2, 0.25) is 0 Å². The van der Waals surface area contributed by atoms with E-state index in [4.69, 9.17) is 0 Å². The molecule has 1 spiro atoms. The van der Waals surface area contributed by atoms with Crippen molar-refractivity contribution >= 4 is 11.8 Å². The molecule has 0 amide bonds. The molecule has 15 heavy (non-hydrogen) atoms. The van der Waals surface area contributed by atoms with Crippen molar-refractivity contribution in [3.05, 3.63) is 28.8 Å². The first-order valence-electron chi connectivity index (χ1n) is 5.96. The van der Waals surface area contributed by atoms with Gasteiger partial charge in [0.25, 0.3) is 0 Å². The Morgan fingerprint density at radius 1 is 1.07 bits per heavy atom. The lowest BCUT2D eigenvalue weighted by molar-refractivity contribution is 0.500. The van der Waals surface area contributed by atoms with Crippen molar-refractivity contribution in [2.45, 2.75) is 49.8 Å². The van der Waals surface area contributed by atoms with Gasteiger partial charge in [-0.3, -0.25) is 0 Å². The topological polar surface area (TPSA) is 0 Å². The van der Waals surface area contributed by atoms with Gasteiger partial charge in [0, 0.05) is 16.1 Å². The number of fused-ring (bicyclic) bond motifs is 2. The van der Waals surface area contributed by atoms with E-state index in [2.05, 4.69) is 37.7 Å². The molecule has 0 atom stereocenters. The van der Waals surface area contributed by atoms with E-state index in [0.717, 1.165) is 0 Å². The van der Waals surface area contributed by atoms with Crippen molar-refractivity contribution in [1.29, 1.82) is 0 Å². The number of hydrogen-bond donors (Lipinski definition) is 0. The van der Waals surface area contributed by atoms with Gasteiger partial charge >= 0.3 is 0 Å². The van der Waals surface area contributed by atoms with Crippen LogP contribution in [-0.2, 0) is 5.41 Å². The highest BCUT2D eigenvalue weighted by Crippen LogP contribution is 2.54. The van der Waals surface area contributed by atoms with Crippen LogP contribution >= 0.6 is 11.8 Å². The maximum atomic E-state index is 2.32. The standard InChI is InChI=1S/C14H18S/c1-10-5-6-11(2)13-12(10)14(9-15-13)7-3-4-8-14/h5-6H,3-4,7-9H2,1-2H3. The minimum atomic E-state index is 0.566. The highest BCUT2D eigenvalue weighted by molar-refractivity contribution is 7.99. The van der Waals surface area contributed by atoms with Gasteiger partial charge < -0.3 is 0 Å². The van der Waals surface area contributed by atoms with Crippen LogP contribution in [0, 0.1) is 13.8 Å². The van der Waals surface area contributed by atoms with Gasteiger partial charge in [0.05, 0.1) is 0 Å². The monoisotopic (exact) mass is 218 g/mol. The Bertz CT molecular complexity index is 400. The fourth-order valence-electron chi connectivity index (χ4n) is 3.36. The Morgan fingerprint density at radius 3 is 2.47 bits per heavy atom. The van der Waals surface area contributed by atoms with E-state index < -0.39 is 0 Å². The molecule has 1 heteroatoms. The molecule has 0 aromatic heterocycles. The van der Waals surface area contributed by atoms with E-state index in [9.17, 15) is 0 Å². The minimum Gasteiger partial charge on any atom is -0.125 e. The highest BCUT2D eigenvalue weighted by atomic mass is 32.2. The van der Waals surface area contributed by atoms with Gasteiger partial charge in [-0.25, -0.2) is 0 Å². The number of thioether (sulfide) groups is 1. The first-order chi connectivity index (χ1) is 7.23. The molecule has 0 N–H and O–H groups in total. The summed E-state index contributed by atoms with van der Waals surface area (Å²) in [4.78, 5) is 1.61. The molecule has 1 aliphatic carbocycles. The number of aryl methyl sites for hydroxylation is 2. The van der Waals surface area contributed by atoms with Crippen LogP contribution in [0.1, 0.15) is 42.4 Å². The predicted octanol–water partition coefficient (Wildman–Crippen LogP) is 4.22. The van der Waals surface area contributed by atoms with Crippen LogP contribution in [0.5, 0.6) is 0 Å². The minimum absolute atomic E-state index is 0.566. The zero-order valence-corrected chi connectivity index (χ0v) is 10.4. The number of hydrogen-bond acceptors (Lipinski definition) is 1. The molecule has 1 heterocycles. The molecular weight excluding hydrogens is 200 g/mol. The smallest absolute Gasteiger partial charge is 0.0142 e. The molecular formula is C14H18S. The first-order valence-corrected chi connectivity index (χ1v) is 6.95. The lowest BCUT2D eigenvalue weighted by Crippen LogP contribution is -2.22. The normalized spacial score (nSPS) is 22.3. The van der Waals surface area contributed by atoms with Crippen LogP contribution in [0.4, 0.5) is 0 Å². The molecule has 0 radical (unpaired) electrons. The lowest BCUT2D eigenvalue weighted by atomic mass is 9.78. The van der Waals surface area contributed by atoms with Crippen LogP contribution in [0.3, 0.4) is 0 Å². The molecule has 0 bridgehead atoms. The summed E-state index contributed by atoms with van der Waals surface area (Å²) in [5.41, 5.74) is 5.30. The molecule has 0 nitrogen and oxygen atoms in total. The summed E-state index contributed by atoms with van der Waals surface area (Å²) in [6.45, 7) is 4.56. The van der Waals surface area contributed by atoms with Crippen molar-refractivity contribution in [1.82, 2.24) is 0 Å². The molecule has 1 aromatic carbocycles. The van der Waals surface area contributed by atoms with Gasteiger partial charge in [0.1, 0.15) is 0 Å². The summed E-state index contributed by atoms with van der Waals surface area (Å²) in [5, 5.41) is 0. The molecule has 0 unspecified atom stereocenters. The van der Waals surface area contributed by atoms with Crippen molar-refractivity contribution in [2.75, 3.05) is 5.75 Å². The maximum absolute atomic E-state index is 2.32. The van der Waals surface area contributed by atoms with Gasteiger partial charge in [-0.1, -0.05) is 25.0 Å². The first kappa shape index (κ1) is 9.77. The summed E-state index contributed by atoms with van der Waals surface area (Å²) in [5.74, 6) is 1.34. The van der Waals surface area contributed by atoms with E-state index in [1.165, 1.54) is 42.6 Å². The summed E-state index contributed by atoms with van der Waals surface area (Å²) >= 11 is 2.10. The molecule has 1 aromatic rings. The average Bonchev–Trinajstić information content (AvgIpc) is 2.83. The zero-order valence-electron chi connectivity index (χ0n) is 9.60. The van der Waals surface area contributed by atoms with Crippen molar-refractivity contribution in [2.24, 2.45) is 0 Å². The zero-order chi connectivity index (χ0) is 10.5. The van der Waals surface area contributed by atoms with Crippen LogP contribution in [0.25, 0.3) is 0 Å². The summed E-state index contributed by atoms with van der Waals surface area (Å²) in [6.07, 6.45) is 5.73. The SMILES string of the molecule is Cc1ccc(C)c2c1SCC21CCCC1. The second-order valence-corrected chi connectivity index (χ2v) is 6.17. The molecule has 3 rings (SSSR count). The van der Waals surface area contributed by atoms with Crippen molar-refractivity contribution < 1.29 is 0 Å². The Balaban J connectivity index is 2.20. The van der Waals surface area contributed by atoms with Crippen molar-refractivity contribution in [3.8, 4) is 0 Å². The van der Waals surface area contributed by atoms with E-state index in [1.807, 2.05) is 0 Å². The summed E-state index contributed by atoms with van der Waals surface area (Å²) in [6, 6.07) is 4.61. The molecule has 1 saturated carbocycles. The van der Waals surface area contributed by atoms with Gasteiger partial charge in [0.15, 0.2) is 0 Å². The Labute approximate surface area is 96.5 Å². The van der Waals surface area contributed by atoms with Gasteiger partial charge in [0.2, 0.25) is 0 Å². The highest BCUT2D eigenvalue weighted by Gasteiger charge is 2.42. The van der Waals surface area contributed by atoms with E-state index in [-0.39, 0.29) is 0 Å². The summed E-state index contributed by atoms with van der Waals surface area (Å²) in [7, 11) is 0. The Hall–Kier alpha value is -0.430. The van der Waals surface area contributed by atoms with Crippen LogP contribution in [0.15, 0.2) is 17.0 Å². The largest absolute Gasteiger partial charge is 0.125 e. The molecule has 80 valence electrons. The average molecular weight is 218 g/mol. The number of rotatable bonds is 0. The van der Waals surface area contributed by atoms with Crippen LogP contribution < -0.4 is 0 Å². The fourth-order valence-corrected chi connectivity index (χ4v) is 5.03. The second kappa shape index (κ2) is 3.28. The van der Waals surface area contributed by atoms with E-state index >= 15 is 0 Å². The Kier molecular flexibility index (Phi) is 2.14. The van der Waals surface area contributed by atoms with E-state index in [1.54, 1.807) is 10.5 Å². The summed E-state index contributed by atoms with van der Waals surface area (Å²) < 4.78 is 0. The third-order valence-corrected chi connectivity index (χ3v) is 5.66.